The summed E-state index contributed by atoms with van der Waals surface area (Å²) in [4.78, 5) is 38.3. The number of carbonyl (C=O) groups is 2. The maximum absolute atomic E-state index is 12.6. The molecular formula is C15H17N3O4. The number of rotatable bonds is 3. The Morgan fingerprint density at radius 1 is 1.14 bits per heavy atom. The van der Waals surface area contributed by atoms with Crippen molar-refractivity contribution in [2.75, 3.05) is 18.0 Å². The molecular weight excluding hydrogens is 286 g/mol. The van der Waals surface area contributed by atoms with Crippen LogP contribution in [0.5, 0.6) is 0 Å². The van der Waals surface area contributed by atoms with Crippen molar-refractivity contribution in [3.8, 4) is 0 Å². The smallest absolute Gasteiger partial charge is 0.271 e. The van der Waals surface area contributed by atoms with Crippen LogP contribution in [0, 0.1) is 10.1 Å². The lowest BCUT2D eigenvalue weighted by Crippen LogP contribution is -2.44. The zero-order valence-electron chi connectivity index (χ0n) is 12.1. The zero-order chi connectivity index (χ0) is 15.7. The molecule has 2 aliphatic heterocycles. The Morgan fingerprint density at radius 3 is 2.55 bits per heavy atom. The van der Waals surface area contributed by atoms with Crippen LogP contribution in [0.2, 0.25) is 0 Å². The van der Waals surface area contributed by atoms with Gasteiger partial charge in [0, 0.05) is 12.1 Å². The summed E-state index contributed by atoms with van der Waals surface area (Å²) in [6.07, 6.45) is 3.38. The summed E-state index contributed by atoms with van der Waals surface area (Å²) in [6.45, 7) is 1.65. The molecule has 0 radical (unpaired) electrons. The van der Waals surface area contributed by atoms with Gasteiger partial charge in [-0.15, -0.1) is 0 Å². The van der Waals surface area contributed by atoms with Crippen molar-refractivity contribution in [2.24, 2.45) is 0 Å². The standard InChI is InChI=1S/C15H17N3O4/c19-14-10-13(16-7-2-1-3-8-16)15(20)17(14)11-5-4-6-12(9-11)18(21)22/h4-6,9,13H,1-3,7-8,10H2. The molecule has 22 heavy (non-hydrogen) atoms. The largest absolute Gasteiger partial charge is 0.292 e. The van der Waals surface area contributed by atoms with E-state index in [1.54, 1.807) is 6.07 Å². The number of nitrogens with zero attached hydrogens (tertiary/aromatic N) is 3. The Balaban J connectivity index is 1.85. The van der Waals surface area contributed by atoms with Gasteiger partial charge in [0.1, 0.15) is 0 Å². The second-order valence-electron chi connectivity index (χ2n) is 5.66. The summed E-state index contributed by atoms with van der Waals surface area (Å²) in [5.41, 5.74) is 0.156. The second kappa shape index (κ2) is 5.84. The molecule has 0 bridgehead atoms. The Bertz CT molecular complexity index is 625. The Morgan fingerprint density at radius 2 is 1.86 bits per heavy atom. The molecule has 2 saturated heterocycles. The van der Waals surface area contributed by atoms with Crippen molar-refractivity contribution in [3.63, 3.8) is 0 Å². The van der Waals surface area contributed by atoms with Gasteiger partial charge in [-0.3, -0.25) is 24.6 Å². The average Bonchev–Trinajstić information content (AvgIpc) is 2.83. The molecule has 1 aromatic rings. The maximum Gasteiger partial charge on any atom is 0.271 e. The minimum atomic E-state index is -0.531. The molecule has 1 aromatic carbocycles. The van der Waals surface area contributed by atoms with Crippen molar-refractivity contribution in [3.05, 3.63) is 34.4 Å². The highest BCUT2D eigenvalue weighted by Crippen LogP contribution is 2.29. The molecule has 0 aromatic heterocycles. The molecule has 1 unspecified atom stereocenters. The van der Waals surface area contributed by atoms with Gasteiger partial charge in [-0.1, -0.05) is 12.5 Å². The van der Waals surface area contributed by atoms with Crippen molar-refractivity contribution >= 4 is 23.2 Å². The van der Waals surface area contributed by atoms with E-state index in [4.69, 9.17) is 0 Å². The number of nitro benzene ring substituents is 1. The topological polar surface area (TPSA) is 83.8 Å². The van der Waals surface area contributed by atoms with Crippen LogP contribution in [-0.4, -0.2) is 40.8 Å². The molecule has 2 heterocycles. The first kappa shape index (κ1) is 14.6. The maximum atomic E-state index is 12.6. The quantitative estimate of drug-likeness (QED) is 0.482. The van der Waals surface area contributed by atoms with Gasteiger partial charge in [0.2, 0.25) is 5.91 Å². The first-order valence-electron chi connectivity index (χ1n) is 7.43. The number of nitro groups is 1. The number of anilines is 1. The molecule has 0 N–H and O–H groups in total. The predicted octanol–water partition coefficient (Wildman–Crippen LogP) is 1.71. The summed E-state index contributed by atoms with van der Waals surface area (Å²) in [7, 11) is 0. The van der Waals surface area contributed by atoms with E-state index in [0.717, 1.165) is 37.3 Å². The fraction of sp³-hybridized carbons (Fsp3) is 0.467. The van der Waals surface area contributed by atoms with Gasteiger partial charge in [-0.05, 0) is 32.0 Å². The molecule has 116 valence electrons. The van der Waals surface area contributed by atoms with Gasteiger partial charge in [-0.2, -0.15) is 0 Å². The number of piperidine rings is 1. The van der Waals surface area contributed by atoms with E-state index >= 15 is 0 Å². The van der Waals surface area contributed by atoms with Crippen LogP contribution in [-0.2, 0) is 9.59 Å². The Labute approximate surface area is 127 Å². The predicted molar refractivity (Wildman–Crippen MR) is 79.4 cm³/mol. The number of imide groups is 1. The van der Waals surface area contributed by atoms with E-state index in [0.29, 0.717) is 0 Å². The molecule has 1 atom stereocenters. The van der Waals surface area contributed by atoms with Gasteiger partial charge in [0.15, 0.2) is 0 Å². The third-order valence-electron chi connectivity index (χ3n) is 4.25. The molecule has 0 aliphatic carbocycles. The summed E-state index contributed by atoms with van der Waals surface area (Å²) in [5, 5.41) is 10.9. The number of carbonyl (C=O) groups excluding carboxylic acids is 2. The van der Waals surface area contributed by atoms with Crippen molar-refractivity contribution in [2.45, 2.75) is 31.7 Å². The van der Waals surface area contributed by atoms with E-state index in [1.807, 2.05) is 0 Å². The number of hydrogen-bond donors (Lipinski definition) is 0. The Hall–Kier alpha value is -2.28. The molecule has 0 saturated carbocycles. The normalized spacial score (nSPS) is 23.1. The first-order valence-corrected chi connectivity index (χ1v) is 7.43. The Kier molecular flexibility index (Phi) is 3.89. The van der Waals surface area contributed by atoms with E-state index in [9.17, 15) is 19.7 Å². The van der Waals surface area contributed by atoms with Crippen LogP contribution in [0.4, 0.5) is 11.4 Å². The van der Waals surface area contributed by atoms with E-state index in [2.05, 4.69) is 4.90 Å². The highest BCUT2D eigenvalue weighted by atomic mass is 16.6. The second-order valence-corrected chi connectivity index (χ2v) is 5.66. The fourth-order valence-electron chi connectivity index (χ4n) is 3.15. The number of non-ortho nitro benzene ring substituents is 1. The molecule has 2 fully saturated rings. The highest BCUT2D eigenvalue weighted by Gasteiger charge is 2.43. The molecule has 0 spiro atoms. The minimum Gasteiger partial charge on any atom is -0.292 e. The number of likely N-dealkylation sites (tertiary alicyclic amines) is 1. The summed E-state index contributed by atoms with van der Waals surface area (Å²) >= 11 is 0. The minimum absolute atomic E-state index is 0.125. The van der Waals surface area contributed by atoms with Crippen LogP contribution >= 0.6 is 0 Å². The summed E-state index contributed by atoms with van der Waals surface area (Å²) in [6, 6.07) is 5.24. The van der Waals surface area contributed by atoms with Gasteiger partial charge < -0.3 is 0 Å². The summed E-state index contributed by atoms with van der Waals surface area (Å²) in [5.74, 6) is -0.562. The van der Waals surface area contributed by atoms with Crippen molar-refractivity contribution < 1.29 is 14.5 Å². The van der Waals surface area contributed by atoms with Crippen molar-refractivity contribution in [1.82, 2.24) is 4.90 Å². The first-order chi connectivity index (χ1) is 10.6. The lowest BCUT2D eigenvalue weighted by Gasteiger charge is -2.30. The van der Waals surface area contributed by atoms with Gasteiger partial charge >= 0.3 is 0 Å². The molecule has 7 heteroatoms. The van der Waals surface area contributed by atoms with Crippen LogP contribution in [0.15, 0.2) is 24.3 Å². The van der Waals surface area contributed by atoms with Crippen LogP contribution in [0.1, 0.15) is 25.7 Å². The van der Waals surface area contributed by atoms with Gasteiger partial charge in [0.05, 0.1) is 23.1 Å². The van der Waals surface area contributed by atoms with E-state index < -0.39 is 11.0 Å². The van der Waals surface area contributed by atoms with E-state index in [-0.39, 0.29) is 29.6 Å². The molecule has 2 aliphatic rings. The number of benzene rings is 1. The van der Waals surface area contributed by atoms with Gasteiger partial charge in [-0.25, -0.2) is 4.90 Å². The lowest BCUT2D eigenvalue weighted by molar-refractivity contribution is -0.384. The van der Waals surface area contributed by atoms with Crippen LogP contribution in [0.3, 0.4) is 0 Å². The highest BCUT2D eigenvalue weighted by molar-refractivity contribution is 6.22. The number of hydrogen-bond acceptors (Lipinski definition) is 5. The fourth-order valence-corrected chi connectivity index (χ4v) is 3.15. The average molecular weight is 303 g/mol. The summed E-state index contributed by atoms with van der Waals surface area (Å²) < 4.78 is 0. The molecule has 2 amide bonds. The lowest BCUT2D eigenvalue weighted by atomic mass is 10.1. The van der Waals surface area contributed by atoms with Crippen molar-refractivity contribution in [1.29, 1.82) is 0 Å². The van der Waals surface area contributed by atoms with Crippen LogP contribution in [0.25, 0.3) is 0 Å². The SMILES string of the molecule is O=C1CC(N2CCCCC2)C(=O)N1c1cccc([N+](=O)[O-])c1. The molecule has 3 rings (SSSR count). The van der Waals surface area contributed by atoms with Crippen LogP contribution < -0.4 is 4.90 Å². The third-order valence-corrected chi connectivity index (χ3v) is 4.25. The monoisotopic (exact) mass is 303 g/mol. The third kappa shape index (κ3) is 2.59. The van der Waals surface area contributed by atoms with Gasteiger partial charge in [0.25, 0.3) is 11.6 Å². The van der Waals surface area contributed by atoms with E-state index in [1.165, 1.54) is 18.2 Å². The molecule has 7 nitrogen and oxygen atoms in total. The zero-order valence-corrected chi connectivity index (χ0v) is 12.1. The number of amides is 2.